The minimum Gasteiger partial charge on any atom is -0.493 e. The predicted molar refractivity (Wildman–Crippen MR) is 111 cm³/mol. The number of hydrogen-bond donors (Lipinski definition) is 1. The van der Waals surface area contributed by atoms with Crippen molar-refractivity contribution in [3.63, 3.8) is 0 Å². The van der Waals surface area contributed by atoms with Gasteiger partial charge in [0.25, 0.3) is 5.91 Å². The number of Topliss-reactive ketones (excluding diaryl/α,β-unsaturated/α-hetero) is 1. The van der Waals surface area contributed by atoms with E-state index in [-0.39, 0.29) is 40.9 Å². The second-order valence-corrected chi connectivity index (χ2v) is 6.34. The van der Waals surface area contributed by atoms with Gasteiger partial charge in [-0.05, 0) is 44.5 Å². The van der Waals surface area contributed by atoms with Crippen molar-refractivity contribution < 1.29 is 37.8 Å². The van der Waals surface area contributed by atoms with Crippen molar-refractivity contribution in [1.29, 1.82) is 0 Å². The Balaban J connectivity index is 2.25. The van der Waals surface area contributed by atoms with Crippen molar-refractivity contribution in [1.82, 2.24) is 0 Å². The van der Waals surface area contributed by atoms with E-state index in [0.29, 0.717) is 11.3 Å². The minimum absolute atomic E-state index is 0.0588. The number of rotatable bonds is 8. The van der Waals surface area contributed by atoms with Crippen molar-refractivity contribution in [2.75, 3.05) is 19.0 Å². The number of ether oxygens (including phenoxy) is 3. The van der Waals surface area contributed by atoms with Gasteiger partial charge in [0.05, 0.1) is 19.3 Å². The highest BCUT2D eigenvalue weighted by Gasteiger charge is 2.28. The maximum Gasteiger partial charge on any atom is 0.344 e. The summed E-state index contributed by atoms with van der Waals surface area (Å²) in [5, 5.41) is 2.46. The van der Waals surface area contributed by atoms with Crippen molar-refractivity contribution in [2.45, 2.75) is 27.7 Å². The average Bonchev–Trinajstić information content (AvgIpc) is 3.02. The normalized spacial score (nSPS) is 10.6. The Hall–Kier alpha value is -3.88. The van der Waals surface area contributed by atoms with Crippen molar-refractivity contribution in [3.05, 3.63) is 46.7 Å². The van der Waals surface area contributed by atoms with Gasteiger partial charge in [-0.25, -0.2) is 4.79 Å². The van der Waals surface area contributed by atoms with Crippen LogP contribution in [0, 0.1) is 6.92 Å². The van der Waals surface area contributed by atoms with Crippen LogP contribution in [-0.2, 0) is 14.3 Å². The molecule has 1 amide bonds. The van der Waals surface area contributed by atoms with Crippen LogP contribution in [0.25, 0.3) is 6.08 Å². The first-order valence-electron chi connectivity index (χ1n) is 9.34. The van der Waals surface area contributed by atoms with Gasteiger partial charge in [-0.15, -0.1) is 0 Å². The lowest BCUT2D eigenvalue weighted by atomic mass is 10.1. The lowest BCUT2D eigenvalue weighted by molar-refractivity contribution is -0.132. The number of benzene rings is 1. The number of furan rings is 1. The Morgan fingerprint density at radius 3 is 2.39 bits per heavy atom. The van der Waals surface area contributed by atoms with Crippen molar-refractivity contribution in [2.24, 2.45) is 0 Å². The Morgan fingerprint density at radius 2 is 1.81 bits per heavy atom. The molecule has 1 heterocycles. The van der Waals surface area contributed by atoms with Gasteiger partial charge in [-0.1, -0.05) is 6.07 Å². The van der Waals surface area contributed by atoms with E-state index in [0.717, 1.165) is 0 Å². The van der Waals surface area contributed by atoms with Crippen LogP contribution in [0.15, 0.2) is 28.7 Å². The number of aryl methyl sites for hydroxylation is 1. The van der Waals surface area contributed by atoms with Crippen LogP contribution < -0.4 is 14.8 Å². The third kappa shape index (κ3) is 5.81. The highest BCUT2D eigenvalue weighted by Crippen LogP contribution is 2.30. The SMILES string of the molecule is CCOC(=O)c1c(NC(=O)/C=C/c2ccc(OC(C)=O)c(OC)c2)oc(C)c1C(C)=O. The molecule has 0 spiro atoms. The Bertz CT molecular complexity index is 1050. The van der Waals surface area contributed by atoms with Crippen LogP contribution >= 0.6 is 0 Å². The van der Waals surface area contributed by atoms with E-state index in [9.17, 15) is 19.2 Å². The Morgan fingerprint density at radius 1 is 1.10 bits per heavy atom. The summed E-state index contributed by atoms with van der Waals surface area (Å²) in [7, 11) is 1.42. The molecule has 1 N–H and O–H groups in total. The standard InChI is InChI=1S/C22H23NO8/c1-6-29-22(27)20-19(12(2)24)13(3)30-21(20)23-18(26)10-8-15-7-9-16(31-14(4)25)17(11-15)28-5/h7-11H,6H2,1-5H3,(H,23,26)/b10-8+. The first-order chi connectivity index (χ1) is 14.7. The summed E-state index contributed by atoms with van der Waals surface area (Å²) in [5.41, 5.74) is 0.526. The molecule has 1 aromatic heterocycles. The van der Waals surface area contributed by atoms with E-state index in [1.54, 1.807) is 19.1 Å². The van der Waals surface area contributed by atoms with E-state index in [4.69, 9.17) is 18.6 Å². The molecule has 0 unspecified atom stereocenters. The molecular formula is C22H23NO8. The number of amides is 1. The number of hydrogen-bond acceptors (Lipinski definition) is 8. The first-order valence-corrected chi connectivity index (χ1v) is 9.34. The molecular weight excluding hydrogens is 406 g/mol. The van der Waals surface area contributed by atoms with Gasteiger partial charge in [-0.3, -0.25) is 19.7 Å². The molecule has 0 aliphatic heterocycles. The zero-order valence-corrected chi connectivity index (χ0v) is 17.9. The number of esters is 2. The molecule has 2 aromatic rings. The molecule has 0 saturated carbocycles. The fourth-order valence-electron chi connectivity index (χ4n) is 2.81. The molecule has 9 nitrogen and oxygen atoms in total. The maximum atomic E-state index is 12.4. The molecule has 2 rings (SSSR count). The van der Waals surface area contributed by atoms with E-state index in [1.807, 2.05) is 0 Å². The number of anilines is 1. The number of methoxy groups -OCH3 is 1. The van der Waals surface area contributed by atoms with Crippen molar-refractivity contribution in [3.8, 4) is 11.5 Å². The third-order valence-electron chi connectivity index (χ3n) is 4.02. The van der Waals surface area contributed by atoms with Crippen LogP contribution in [-0.4, -0.2) is 37.3 Å². The van der Waals surface area contributed by atoms with Gasteiger partial charge < -0.3 is 18.6 Å². The van der Waals surface area contributed by atoms with Gasteiger partial charge in [-0.2, -0.15) is 0 Å². The summed E-state index contributed by atoms with van der Waals surface area (Å²) in [5.74, 6) is -1.66. The second-order valence-electron chi connectivity index (χ2n) is 6.34. The van der Waals surface area contributed by atoms with Crippen molar-refractivity contribution >= 4 is 35.6 Å². The third-order valence-corrected chi connectivity index (χ3v) is 4.02. The lowest BCUT2D eigenvalue weighted by Gasteiger charge is -2.08. The van der Waals surface area contributed by atoms with Gasteiger partial charge in [0, 0.05) is 13.0 Å². The monoisotopic (exact) mass is 429 g/mol. The Labute approximate surface area is 179 Å². The van der Waals surface area contributed by atoms with Gasteiger partial charge in [0.15, 0.2) is 17.3 Å². The molecule has 0 radical (unpaired) electrons. The lowest BCUT2D eigenvalue weighted by Crippen LogP contribution is -2.14. The van der Waals surface area contributed by atoms with E-state index < -0.39 is 17.8 Å². The summed E-state index contributed by atoms with van der Waals surface area (Å²) < 4.78 is 20.6. The minimum atomic E-state index is -0.769. The molecule has 1 aromatic carbocycles. The smallest absolute Gasteiger partial charge is 0.344 e. The van der Waals surface area contributed by atoms with E-state index >= 15 is 0 Å². The first kappa shape index (κ1) is 23.4. The van der Waals surface area contributed by atoms with E-state index in [2.05, 4.69) is 5.32 Å². The number of nitrogens with one attached hydrogen (secondary N) is 1. The molecule has 164 valence electrons. The molecule has 0 aliphatic rings. The molecule has 0 fully saturated rings. The van der Waals surface area contributed by atoms with Crippen LogP contribution in [0.1, 0.15) is 52.8 Å². The largest absolute Gasteiger partial charge is 0.493 e. The van der Waals surface area contributed by atoms with Crippen LogP contribution in [0.2, 0.25) is 0 Å². The topological polar surface area (TPSA) is 121 Å². The second kappa shape index (κ2) is 10.2. The summed E-state index contributed by atoms with van der Waals surface area (Å²) in [4.78, 5) is 47.7. The number of carbonyl (C=O) groups excluding carboxylic acids is 4. The Kier molecular flexibility index (Phi) is 7.73. The maximum absolute atomic E-state index is 12.4. The van der Waals surface area contributed by atoms with Gasteiger partial charge in [0.1, 0.15) is 11.3 Å². The molecule has 0 saturated heterocycles. The molecule has 0 aliphatic carbocycles. The zero-order valence-electron chi connectivity index (χ0n) is 17.9. The van der Waals surface area contributed by atoms with E-state index in [1.165, 1.54) is 46.1 Å². The fraction of sp³-hybridized carbons (Fsp3) is 0.273. The molecule has 0 atom stereocenters. The average molecular weight is 429 g/mol. The molecule has 31 heavy (non-hydrogen) atoms. The summed E-state index contributed by atoms with van der Waals surface area (Å²) >= 11 is 0. The zero-order chi connectivity index (χ0) is 23.1. The molecule has 9 heteroatoms. The summed E-state index contributed by atoms with van der Waals surface area (Å²) in [6.07, 6.45) is 2.70. The fourth-order valence-corrected chi connectivity index (χ4v) is 2.81. The predicted octanol–water partition coefficient (Wildman–Crippen LogP) is 3.55. The quantitative estimate of drug-likeness (QED) is 0.293. The number of carbonyl (C=O) groups is 4. The molecule has 0 bridgehead atoms. The van der Waals surface area contributed by atoms with Gasteiger partial charge >= 0.3 is 11.9 Å². The van der Waals surface area contributed by atoms with Crippen LogP contribution in [0.5, 0.6) is 11.5 Å². The highest BCUT2D eigenvalue weighted by molar-refractivity contribution is 6.12. The van der Waals surface area contributed by atoms with Crippen LogP contribution in [0.3, 0.4) is 0 Å². The van der Waals surface area contributed by atoms with Crippen LogP contribution in [0.4, 0.5) is 5.88 Å². The number of ketones is 1. The van der Waals surface area contributed by atoms with Gasteiger partial charge in [0.2, 0.25) is 5.88 Å². The summed E-state index contributed by atoms with van der Waals surface area (Å²) in [6, 6.07) is 4.74. The highest BCUT2D eigenvalue weighted by atomic mass is 16.6. The summed E-state index contributed by atoms with van der Waals surface area (Å²) in [6.45, 7) is 5.80.